The van der Waals surface area contributed by atoms with Gasteiger partial charge in [-0.05, 0) is 12.1 Å². The van der Waals surface area contributed by atoms with Gasteiger partial charge in [-0.15, -0.1) is 0 Å². The van der Waals surface area contributed by atoms with Gasteiger partial charge in [-0.2, -0.15) is 0 Å². The smallest absolute Gasteiger partial charge is 0.337 e. The molecule has 102 valence electrons. The summed E-state index contributed by atoms with van der Waals surface area (Å²) in [5.41, 5.74) is 1.31. The topological polar surface area (TPSA) is 81.7 Å². The molecule has 0 saturated carbocycles. The van der Waals surface area contributed by atoms with Crippen molar-refractivity contribution in [1.82, 2.24) is 0 Å². The van der Waals surface area contributed by atoms with E-state index >= 15 is 0 Å². The van der Waals surface area contributed by atoms with Crippen molar-refractivity contribution in [3.8, 4) is 0 Å². The summed E-state index contributed by atoms with van der Waals surface area (Å²) in [6, 6.07) is 4.61. The zero-order chi connectivity index (χ0) is 14.4. The van der Waals surface area contributed by atoms with Gasteiger partial charge in [0, 0.05) is 25.1 Å². The number of esters is 2. The Kier molecular flexibility index (Phi) is 5.05. The molecule has 0 aliphatic heterocycles. The molecule has 1 rings (SSSR count). The molecule has 0 bridgehead atoms. The molecule has 0 heterocycles. The summed E-state index contributed by atoms with van der Waals surface area (Å²) >= 11 is 0. The van der Waals surface area contributed by atoms with Gasteiger partial charge in [0.25, 0.3) is 0 Å². The number of methoxy groups -OCH3 is 1. The molecule has 0 spiro atoms. The van der Waals surface area contributed by atoms with E-state index in [0.717, 1.165) is 0 Å². The van der Waals surface area contributed by atoms with Gasteiger partial charge in [0.05, 0.1) is 12.7 Å². The average Bonchev–Trinajstić information content (AvgIpc) is 2.35. The summed E-state index contributed by atoms with van der Waals surface area (Å²) in [6.07, 6.45) is 0. The molecule has 6 nitrogen and oxygen atoms in total. The van der Waals surface area contributed by atoms with Crippen LogP contribution in [0.15, 0.2) is 18.2 Å². The number of amides is 1. The molecule has 0 radical (unpaired) electrons. The fourth-order valence-corrected chi connectivity index (χ4v) is 1.43. The van der Waals surface area contributed by atoms with Crippen LogP contribution in [0.1, 0.15) is 29.8 Å². The van der Waals surface area contributed by atoms with Crippen molar-refractivity contribution in [3.63, 3.8) is 0 Å². The Balaban J connectivity index is 3.05. The molecule has 0 aromatic heterocycles. The summed E-state index contributed by atoms with van der Waals surface area (Å²) in [4.78, 5) is 33.3. The molecule has 0 atom stereocenters. The summed E-state index contributed by atoms with van der Waals surface area (Å²) in [6.45, 7) is 2.66. The van der Waals surface area contributed by atoms with Crippen molar-refractivity contribution in [2.75, 3.05) is 12.4 Å². The van der Waals surface area contributed by atoms with Crippen LogP contribution < -0.4 is 5.32 Å². The molecule has 0 aliphatic rings. The van der Waals surface area contributed by atoms with E-state index in [4.69, 9.17) is 4.74 Å². The third-order valence-electron chi connectivity index (χ3n) is 2.27. The highest BCUT2D eigenvalue weighted by Gasteiger charge is 2.11. The highest BCUT2D eigenvalue weighted by atomic mass is 16.5. The van der Waals surface area contributed by atoms with Crippen LogP contribution in [-0.2, 0) is 25.7 Å². The Morgan fingerprint density at radius 1 is 1.21 bits per heavy atom. The molecule has 19 heavy (non-hydrogen) atoms. The number of anilines is 1. The lowest BCUT2D eigenvalue weighted by Gasteiger charge is -2.11. The van der Waals surface area contributed by atoms with Crippen LogP contribution in [0, 0.1) is 0 Å². The van der Waals surface area contributed by atoms with Crippen molar-refractivity contribution in [1.29, 1.82) is 0 Å². The summed E-state index contributed by atoms with van der Waals surface area (Å²) in [5.74, 6) is -1.22. The minimum absolute atomic E-state index is 0.0202. The first kappa shape index (κ1) is 14.7. The summed E-state index contributed by atoms with van der Waals surface area (Å²) in [5, 5.41) is 2.58. The largest absolute Gasteiger partial charge is 0.465 e. The van der Waals surface area contributed by atoms with Crippen molar-refractivity contribution in [2.45, 2.75) is 20.5 Å². The van der Waals surface area contributed by atoms with Crippen LogP contribution in [0.25, 0.3) is 0 Å². The number of nitrogens with one attached hydrogen (secondary N) is 1. The van der Waals surface area contributed by atoms with Gasteiger partial charge in [-0.25, -0.2) is 4.79 Å². The summed E-state index contributed by atoms with van der Waals surface area (Å²) in [7, 11) is 1.27. The standard InChI is InChI=1S/C13H15NO5/c1-8(15)14-12-6-10(13(17)18-3)4-5-11(12)7-19-9(2)16/h4-6H,7H2,1-3H3,(H,14,15). The lowest BCUT2D eigenvalue weighted by atomic mass is 10.1. The first-order valence-corrected chi connectivity index (χ1v) is 5.56. The van der Waals surface area contributed by atoms with Crippen molar-refractivity contribution < 1.29 is 23.9 Å². The van der Waals surface area contributed by atoms with Crippen molar-refractivity contribution in [2.24, 2.45) is 0 Å². The van der Waals surface area contributed by atoms with E-state index in [1.165, 1.54) is 33.1 Å². The number of carbonyl (C=O) groups is 3. The monoisotopic (exact) mass is 265 g/mol. The number of rotatable bonds is 4. The predicted molar refractivity (Wildman–Crippen MR) is 67.6 cm³/mol. The van der Waals surface area contributed by atoms with E-state index in [-0.39, 0.29) is 12.5 Å². The van der Waals surface area contributed by atoms with E-state index in [9.17, 15) is 14.4 Å². The summed E-state index contributed by atoms with van der Waals surface area (Å²) < 4.78 is 9.47. The minimum atomic E-state index is -0.509. The molecule has 0 saturated heterocycles. The van der Waals surface area contributed by atoms with Crippen LogP contribution in [0.3, 0.4) is 0 Å². The van der Waals surface area contributed by atoms with E-state index < -0.39 is 11.9 Å². The van der Waals surface area contributed by atoms with Gasteiger partial charge in [0.1, 0.15) is 6.61 Å². The maximum Gasteiger partial charge on any atom is 0.337 e. The van der Waals surface area contributed by atoms with Crippen LogP contribution in [-0.4, -0.2) is 25.0 Å². The first-order chi connectivity index (χ1) is 8.93. The zero-order valence-corrected chi connectivity index (χ0v) is 11.0. The van der Waals surface area contributed by atoms with E-state index in [0.29, 0.717) is 16.8 Å². The lowest BCUT2D eigenvalue weighted by molar-refractivity contribution is -0.142. The van der Waals surface area contributed by atoms with Gasteiger partial charge in [-0.1, -0.05) is 6.07 Å². The molecular formula is C13H15NO5. The molecule has 0 aliphatic carbocycles. The van der Waals surface area contributed by atoms with Crippen LogP contribution in [0.4, 0.5) is 5.69 Å². The van der Waals surface area contributed by atoms with Gasteiger partial charge < -0.3 is 14.8 Å². The second-order valence-electron chi connectivity index (χ2n) is 3.82. The van der Waals surface area contributed by atoms with Gasteiger partial charge in [-0.3, -0.25) is 9.59 Å². The highest BCUT2D eigenvalue weighted by Crippen LogP contribution is 2.19. The molecule has 1 N–H and O–H groups in total. The van der Waals surface area contributed by atoms with Crippen LogP contribution >= 0.6 is 0 Å². The Bertz CT molecular complexity index is 510. The fourth-order valence-electron chi connectivity index (χ4n) is 1.43. The van der Waals surface area contributed by atoms with Crippen LogP contribution in [0.2, 0.25) is 0 Å². The van der Waals surface area contributed by atoms with Crippen molar-refractivity contribution in [3.05, 3.63) is 29.3 Å². The minimum Gasteiger partial charge on any atom is -0.465 e. The fraction of sp³-hybridized carbons (Fsp3) is 0.308. The number of benzene rings is 1. The third-order valence-corrected chi connectivity index (χ3v) is 2.27. The van der Waals surface area contributed by atoms with Crippen LogP contribution in [0.5, 0.6) is 0 Å². The highest BCUT2D eigenvalue weighted by molar-refractivity contribution is 5.94. The number of hydrogen-bond acceptors (Lipinski definition) is 5. The number of hydrogen-bond donors (Lipinski definition) is 1. The molecular weight excluding hydrogens is 250 g/mol. The van der Waals surface area contributed by atoms with Crippen molar-refractivity contribution >= 4 is 23.5 Å². The molecule has 0 fully saturated rings. The maximum atomic E-state index is 11.4. The van der Waals surface area contributed by atoms with E-state index in [2.05, 4.69) is 10.1 Å². The zero-order valence-electron chi connectivity index (χ0n) is 11.0. The Morgan fingerprint density at radius 2 is 1.89 bits per heavy atom. The quantitative estimate of drug-likeness (QED) is 0.834. The molecule has 6 heteroatoms. The third kappa shape index (κ3) is 4.42. The Hall–Kier alpha value is -2.37. The lowest BCUT2D eigenvalue weighted by Crippen LogP contribution is -2.11. The number of ether oxygens (including phenoxy) is 2. The van der Waals surface area contributed by atoms with Gasteiger partial charge >= 0.3 is 11.9 Å². The molecule has 1 amide bonds. The normalized spacial score (nSPS) is 9.63. The second kappa shape index (κ2) is 6.53. The predicted octanol–water partition coefficient (Wildman–Crippen LogP) is 1.49. The maximum absolute atomic E-state index is 11.4. The Labute approximate surface area is 110 Å². The second-order valence-corrected chi connectivity index (χ2v) is 3.82. The SMILES string of the molecule is COC(=O)c1ccc(COC(C)=O)c(NC(C)=O)c1. The van der Waals surface area contributed by atoms with E-state index in [1.807, 2.05) is 0 Å². The van der Waals surface area contributed by atoms with E-state index in [1.54, 1.807) is 6.07 Å². The molecule has 0 unspecified atom stereocenters. The Morgan fingerprint density at radius 3 is 2.42 bits per heavy atom. The van der Waals surface area contributed by atoms with Gasteiger partial charge in [0.2, 0.25) is 5.91 Å². The number of carbonyl (C=O) groups excluding carboxylic acids is 3. The average molecular weight is 265 g/mol. The van der Waals surface area contributed by atoms with Gasteiger partial charge in [0.15, 0.2) is 0 Å². The first-order valence-electron chi connectivity index (χ1n) is 5.56. The molecule has 1 aromatic rings. The molecule has 1 aromatic carbocycles.